The van der Waals surface area contributed by atoms with Gasteiger partial charge in [0.25, 0.3) is 0 Å². The molecular weight excluding hydrogens is 242 g/mol. The summed E-state index contributed by atoms with van der Waals surface area (Å²) in [6.07, 6.45) is 7.41. The van der Waals surface area contributed by atoms with Gasteiger partial charge in [-0.15, -0.1) is 0 Å². The molecule has 1 saturated heterocycles. The molecule has 0 aromatic rings. The van der Waals surface area contributed by atoms with E-state index in [9.17, 15) is 9.90 Å². The van der Waals surface area contributed by atoms with E-state index < -0.39 is 5.60 Å². The number of hydrogen-bond donors (Lipinski definition) is 1. The van der Waals surface area contributed by atoms with Crippen molar-refractivity contribution in [2.24, 2.45) is 0 Å². The van der Waals surface area contributed by atoms with Crippen LogP contribution in [0.4, 0.5) is 0 Å². The predicted molar refractivity (Wildman–Crippen MR) is 73.9 cm³/mol. The summed E-state index contributed by atoms with van der Waals surface area (Å²) in [4.78, 5) is 14.2. The Bertz CT molecular complexity index is 298. The summed E-state index contributed by atoms with van der Waals surface area (Å²) in [7, 11) is 0. The highest BCUT2D eigenvalue weighted by molar-refractivity contribution is 5.77. The molecule has 1 aliphatic carbocycles. The molecule has 1 heterocycles. The van der Waals surface area contributed by atoms with Crippen molar-refractivity contribution in [1.29, 1.82) is 0 Å². The van der Waals surface area contributed by atoms with Crippen molar-refractivity contribution in [3.05, 3.63) is 0 Å². The fourth-order valence-electron chi connectivity index (χ4n) is 3.22. The lowest BCUT2D eigenvalue weighted by Crippen LogP contribution is -2.48. The molecule has 4 heteroatoms. The smallest absolute Gasteiger partial charge is 0.225 e. The van der Waals surface area contributed by atoms with Crippen LogP contribution in [-0.4, -0.2) is 47.3 Å². The molecule has 0 bridgehead atoms. The van der Waals surface area contributed by atoms with E-state index in [0.29, 0.717) is 26.1 Å². The Balaban J connectivity index is 1.84. The second-order valence-electron chi connectivity index (χ2n) is 6.08. The van der Waals surface area contributed by atoms with Crippen LogP contribution in [0.3, 0.4) is 0 Å². The Labute approximate surface area is 116 Å². The third-order valence-corrected chi connectivity index (χ3v) is 4.37. The lowest BCUT2D eigenvalue weighted by Gasteiger charge is -2.37. The number of rotatable bonds is 4. The minimum absolute atomic E-state index is 0.105. The van der Waals surface area contributed by atoms with Gasteiger partial charge in [0, 0.05) is 13.1 Å². The highest BCUT2D eigenvalue weighted by Crippen LogP contribution is 2.31. The minimum atomic E-state index is -0.742. The number of carbonyl (C=O) groups is 1. The highest BCUT2D eigenvalue weighted by atomic mass is 16.5. The van der Waals surface area contributed by atoms with Gasteiger partial charge in [-0.05, 0) is 19.3 Å². The van der Waals surface area contributed by atoms with E-state index >= 15 is 0 Å². The van der Waals surface area contributed by atoms with Gasteiger partial charge in [0.15, 0.2) is 0 Å². The highest BCUT2D eigenvalue weighted by Gasteiger charge is 2.34. The molecule has 1 aliphatic heterocycles. The van der Waals surface area contributed by atoms with Crippen LogP contribution in [0.5, 0.6) is 0 Å². The molecule has 2 rings (SSSR count). The Morgan fingerprint density at radius 1 is 1.37 bits per heavy atom. The van der Waals surface area contributed by atoms with Gasteiger partial charge in [-0.1, -0.05) is 32.6 Å². The molecule has 19 heavy (non-hydrogen) atoms. The summed E-state index contributed by atoms with van der Waals surface area (Å²) in [5, 5.41) is 10.5. The molecular formula is C15H27NO3. The fraction of sp³-hybridized carbons (Fsp3) is 0.933. The van der Waals surface area contributed by atoms with Gasteiger partial charge in [-0.25, -0.2) is 0 Å². The molecule has 2 aliphatic rings. The first-order valence-corrected chi connectivity index (χ1v) is 7.75. The minimum Gasteiger partial charge on any atom is -0.389 e. The largest absolute Gasteiger partial charge is 0.389 e. The first-order chi connectivity index (χ1) is 9.13. The SMILES string of the molecule is CCCC1CN(C(=O)CC2(O)CCCCC2)CCO1. The van der Waals surface area contributed by atoms with Gasteiger partial charge in [-0.2, -0.15) is 0 Å². The van der Waals surface area contributed by atoms with E-state index in [2.05, 4.69) is 6.92 Å². The summed E-state index contributed by atoms with van der Waals surface area (Å²) < 4.78 is 5.66. The number of amides is 1. The third-order valence-electron chi connectivity index (χ3n) is 4.37. The van der Waals surface area contributed by atoms with Crippen LogP contribution < -0.4 is 0 Å². The van der Waals surface area contributed by atoms with Crippen LogP contribution in [0.1, 0.15) is 58.3 Å². The van der Waals surface area contributed by atoms with Crippen molar-refractivity contribution in [2.45, 2.75) is 70.0 Å². The summed E-state index contributed by atoms with van der Waals surface area (Å²) in [5.41, 5.74) is -0.742. The van der Waals surface area contributed by atoms with Crippen molar-refractivity contribution >= 4 is 5.91 Å². The molecule has 1 N–H and O–H groups in total. The second-order valence-corrected chi connectivity index (χ2v) is 6.08. The van der Waals surface area contributed by atoms with Gasteiger partial charge < -0.3 is 14.7 Å². The zero-order valence-electron chi connectivity index (χ0n) is 12.1. The lowest BCUT2D eigenvalue weighted by molar-refractivity contribution is -0.145. The van der Waals surface area contributed by atoms with Gasteiger partial charge in [0.05, 0.1) is 24.7 Å². The Kier molecular flexibility index (Phi) is 5.22. The van der Waals surface area contributed by atoms with Crippen molar-refractivity contribution in [2.75, 3.05) is 19.7 Å². The predicted octanol–water partition coefficient (Wildman–Crippen LogP) is 2.10. The second kappa shape index (κ2) is 6.71. The number of morpholine rings is 1. The van der Waals surface area contributed by atoms with Crippen LogP contribution >= 0.6 is 0 Å². The third kappa shape index (κ3) is 4.18. The topological polar surface area (TPSA) is 49.8 Å². The Morgan fingerprint density at radius 2 is 2.11 bits per heavy atom. The number of nitrogens with zero attached hydrogens (tertiary/aromatic N) is 1. The standard InChI is InChI=1S/C15H27NO3/c1-2-6-13-12-16(9-10-19-13)14(17)11-15(18)7-4-3-5-8-15/h13,18H,2-12H2,1H3. The van der Waals surface area contributed by atoms with E-state index in [1.54, 1.807) is 0 Å². The van der Waals surface area contributed by atoms with Crippen LogP contribution in [0, 0.1) is 0 Å². The fourth-order valence-corrected chi connectivity index (χ4v) is 3.22. The van der Waals surface area contributed by atoms with E-state index in [4.69, 9.17) is 4.74 Å². The lowest BCUT2D eigenvalue weighted by atomic mass is 9.82. The summed E-state index contributed by atoms with van der Waals surface area (Å²) in [6, 6.07) is 0. The Morgan fingerprint density at radius 3 is 2.79 bits per heavy atom. The van der Waals surface area contributed by atoms with Crippen molar-refractivity contribution in [3.63, 3.8) is 0 Å². The Hall–Kier alpha value is -0.610. The molecule has 2 fully saturated rings. The molecule has 0 spiro atoms. The van der Waals surface area contributed by atoms with E-state index in [-0.39, 0.29) is 12.0 Å². The van der Waals surface area contributed by atoms with Crippen LogP contribution in [0.25, 0.3) is 0 Å². The van der Waals surface area contributed by atoms with Gasteiger partial charge in [-0.3, -0.25) is 4.79 Å². The summed E-state index contributed by atoms with van der Waals surface area (Å²) in [5.74, 6) is 0.105. The van der Waals surface area contributed by atoms with Crippen molar-refractivity contribution in [1.82, 2.24) is 4.90 Å². The molecule has 1 amide bonds. The monoisotopic (exact) mass is 269 g/mol. The maximum Gasteiger partial charge on any atom is 0.225 e. The van der Waals surface area contributed by atoms with E-state index in [1.807, 2.05) is 4.90 Å². The first-order valence-electron chi connectivity index (χ1n) is 7.75. The van der Waals surface area contributed by atoms with Crippen LogP contribution in [0.15, 0.2) is 0 Å². The number of aliphatic hydroxyl groups is 1. The number of carbonyl (C=O) groups excluding carboxylic acids is 1. The molecule has 1 atom stereocenters. The quantitative estimate of drug-likeness (QED) is 0.850. The molecule has 1 unspecified atom stereocenters. The van der Waals surface area contributed by atoms with Crippen molar-refractivity contribution in [3.8, 4) is 0 Å². The number of hydrogen-bond acceptors (Lipinski definition) is 3. The molecule has 110 valence electrons. The van der Waals surface area contributed by atoms with E-state index in [1.165, 1.54) is 6.42 Å². The zero-order chi connectivity index (χ0) is 13.7. The average Bonchev–Trinajstić information content (AvgIpc) is 2.40. The number of ether oxygens (including phenoxy) is 1. The summed E-state index contributed by atoms with van der Waals surface area (Å²) in [6.45, 7) is 4.14. The summed E-state index contributed by atoms with van der Waals surface area (Å²) >= 11 is 0. The maximum absolute atomic E-state index is 12.3. The molecule has 4 nitrogen and oxygen atoms in total. The van der Waals surface area contributed by atoms with Crippen LogP contribution in [-0.2, 0) is 9.53 Å². The normalized spacial score (nSPS) is 27.3. The molecule has 0 radical (unpaired) electrons. The van der Waals surface area contributed by atoms with Gasteiger partial charge in [0.2, 0.25) is 5.91 Å². The molecule has 1 saturated carbocycles. The molecule has 0 aromatic heterocycles. The van der Waals surface area contributed by atoms with Gasteiger partial charge in [0.1, 0.15) is 0 Å². The van der Waals surface area contributed by atoms with E-state index in [0.717, 1.165) is 38.5 Å². The maximum atomic E-state index is 12.3. The van der Waals surface area contributed by atoms with Crippen LogP contribution in [0.2, 0.25) is 0 Å². The first kappa shape index (κ1) is 14.8. The average molecular weight is 269 g/mol. The zero-order valence-corrected chi connectivity index (χ0v) is 12.1. The van der Waals surface area contributed by atoms with Crippen molar-refractivity contribution < 1.29 is 14.6 Å². The van der Waals surface area contributed by atoms with Gasteiger partial charge >= 0.3 is 0 Å². The molecule has 0 aromatic carbocycles.